The molecular weight excluding hydrogens is 929 g/mol. The van der Waals surface area contributed by atoms with Gasteiger partial charge in [-0.25, -0.2) is 13.6 Å². The molecule has 7 atom stereocenters. The molecule has 2 aromatic heterocycles. The molecule has 3 radical (unpaired) electrons. The Bertz CT molecular complexity index is 1590. The average molecular weight is 998 g/mol. The number of anilines is 1. The maximum Gasteiger partial charge on any atom is 0.383 e. The SMILES string of the molecule is CCCCN(CCCC)CCCC.CCCCN(CCCC)CCCC.COC1O[C@@H]2[C@H](O1)[C@@H](COP1OP(=O)(O)C(Cl)(Cl)P(=O)(O)O1)O[C@H]2n1cnc2c(N)nc(Cl)nc21.[B]. The molecule has 5 rings (SSSR count). The van der Waals surface area contributed by atoms with Crippen LogP contribution in [0.4, 0.5) is 5.82 Å². The van der Waals surface area contributed by atoms with E-state index in [1.807, 2.05) is 0 Å². The van der Waals surface area contributed by atoms with E-state index in [0.29, 0.717) is 0 Å². The van der Waals surface area contributed by atoms with Gasteiger partial charge in [0.1, 0.15) is 23.8 Å². The molecule has 25 heteroatoms. The molecule has 3 fully saturated rings. The first-order chi connectivity index (χ1) is 29.0. The summed E-state index contributed by atoms with van der Waals surface area (Å²) in [6.45, 7) is 20.1. The average Bonchev–Trinajstić information content (AvgIpc) is 3.93. The molecular formula is C37H69BCl3N7O11P3. The van der Waals surface area contributed by atoms with Gasteiger partial charge in [-0.3, -0.25) is 13.7 Å². The number of hydrogen-bond acceptors (Lipinski definition) is 15. The molecule has 3 saturated heterocycles. The Morgan fingerprint density at radius 3 is 1.65 bits per heavy atom. The van der Waals surface area contributed by atoms with E-state index in [9.17, 15) is 18.9 Å². The summed E-state index contributed by atoms with van der Waals surface area (Å²) in [4.78, 5) is 37.2. The number of hydrogen-bond donors (Lipinski definition) is 3. The molecule has 0 spiro atoms. The second-order valence-corrected chi connectivity index (χ2v) is 23.5. The van der Waals surface area contributed by atoms with Gasteiger partial charge in [-0.05, 0) is 89.4 Å². The lowest BCUT2D eigenvalue weighted by atomic mass is 10.1. The van der Waals surface area contributed by atoms with Gasteiger partial charge in [0, 0.05) is 15.5 Å². The van der Waals surface area contributed by atoms with Crippen molar-refractivity contribution in [1.82, 2.24) is 29.3 Å². The van der Waals surface area contributed by atoms with Gasteiger partial charge in [-0.1, -0.05) is 103 Å². The number of ether oxygens (including phenoxy) is 4. The minimum Gasteiger partial charge on any atom is -0.382 e. The zero-order chi connectivity index (χ0) is 45.2. The standard InChI is InChI=1S/C13H15Cl3N5O11P3.2C12H27N.B/c1-26-12-29-6-4(2-27-33-31-34(22,23)13(15,16)35(24,25)32-33)28-10(7(6)30-12)21-3-18-5-8(17)19-11(14)20-9(5)21;2*1-4-7-10-13(11-8-5-2)12-9-6-3;/h3-4,6-7,10,12H,2H2,1H3,(H,22,23)(H,24,25)(H2,17,19,20);2*4-12H2,1-3H3;/t4-,6-,7-,10-,12?;;;/m1.../s1. The summed E-state index contributed by atoms with van der Waals surface area (Å²) >= 11 is 17.0. The van der Waals surface area contributed by atoms with Gasteiger partial charge in [0.25, 0.3) is 6.48 Å². The third-order valence-corrected chi connectivity index (χ3v) is 18.9. The molecule has 0 saturated carbocycles. The molecule has 4 N–H and O–H groups in total. The molecule has 5 heterocycles. The molecule has 0 amide bonds. The molecule has 0 aliphatic carbocycles. The van der Waals surface area contributed by atoms with Gasteiger partial charge in [0.15, 0.2) is 17.7 Å². The fourth-order valence-electron chi connectivity index (χ4n) is 6.47. The number of methoxy groups -OCH3 is 1. The number of rotatable bonds is 23. The van der Waals surface area contributed by atoms with Crippen LogP contribution in [-0.2, 0) is 41.2 Å². The molecule has 18 nitrogen and oxygen atoms in total. The maximum atomic E-state index is 12.2. The van der Waals surface area contributed by atoms with E-state index in [1.165, 1.54) is 134 Å². The van der Waals surface area contributed by atoms with Gasteiger partial charge in [-0.2, -0.15) is 9.97 Å². The first-order valence-corrected chi connectivity index (χ1v) is 26.9. The highest BCUT2D eigenvalue weighted by Crippen LogP contribution is 2.87. The molecule has 3 aliphatic heterocycles. The van der Waals surface area contributed by atoms with Gasteiger partial charge < -0.3 is 48.8 Å². The van der Waals surface area contributed by atoms with Crippen LogP contribution in [0.2, 0.25) is 5.28 Å². The molecule has 3 unspecified atom stereocenters. The second-order valence-electron chi connectivity index (χ2n) is 15.0. The van der Waals surface area contributed by atoms with Gasteiger partial charge in [0.05, 0.1) is 12.9 Å². The quantitative estimate of drug-likeness (QED) is 0.0409. The van der Waals surface area contributed by atoms with E-state index in [-0.39, 0.29) is 30.7 Å². The van der Waals surface area contributed by atoms with E-state index in [2.05, 4.69) is 66.3 Å². The van der Waals surface area contributed by atoms with E-state index in [4.69, 9.17) is 72.6 Å². The fraction of sp³-hybridized carbons (Fsp3) is 0.865. The third kappa shape index (κ3) is 16.5. The number of aromatic nitrogens is 4. The Morgan fingerprint density at radius 2 is 1.23 bits per heavy atom. The van der Waals surface area contributed by atoms with Crippen LogP contribution >= 0.6 is 58.6 Å². The molecule has 62 heavy (non-hydrogen) atoms. The highest BCUT2D eigenvalue weighted by molar-refractivity contribution is 7.86. The van der Waals surface area contributed by atoms with Crippen molar-refractivity contribution in [3.05, 3.63) is 11.6 Å². The summed E-state index contributed by atoms with van der Waals surface area (Å²) in [5.41, 5.74) is 6.38. The maximum absolute atomic E-state index is 12.2. The minimum atomic E-state index is -5.02. The Hall–Kier alpha value is -0.265. The number of imidazole rings is 1. The van der Waals surface area contributed by atoms with Crippen molar-refractivity contribution in [1.29, 1.82) is 0 Å². The lowest BCUT2D eigenvalue weighted by Gasteiger charge is -2.35. The first-order valence-electron chi connectivity index (χ1n) is 21.5. The number of unbranched alkanes of at least 4 members (excludes halogenated alkanes) is 6. The summed E-state index contributed by atoms with van der Waals surface area (Å²) in [6.07, 6.45) is 14.2. The lowest BCUT2D eigenvalue weighted by Crippen LogP contribution is -2.32. The van der Waals surface area contributed by atoms with Crippen LogP contribution in [0.25, 0.3) is 11.2 Å². The summed E-state index contributed by atoms with van der Waals surface area (Å²) in [7, 11) is -11.5. The number of nitrogen functional groups attached to an aromatic ring is 1. The van der Waals surface area contributed by atoms with Crippen molar-refractivity contribution in [2.24, 2.45) is 0 Å². The molecule has 0 bridgehead atoms. The van der Waals surface area contributed by atoms with Crippen LogP contribution in [0.3, 0.4) is 0 Å². The van der Waals surface area contributed by atoms with Crippen molar-refractivity contribution in [3.8, 4) is 0 Å². The highest BCUT2D eigenvalue weighted by Gasteiger charge is 2.68. The van der Waals surface area contributed by atoms with E-state index in [1.54, 1.807) is 0 Å². The Labute approximate surface area is 386 Å². The third-order valence-electron chi connectivity index (χ3n) is 10.1. The zero-order valence-electron chi connectivity index (χ0n) is 37.3. The smallest absolute Gasteiger partial charge is 0.382 e. The van der Waals surface area contributed by atoms with Gasteiger partial charge in [0.2, 0.25) is 5.28 Å². The number of fused-ring (bicyclic) bond motifs is 2. The Morgan fingerprint density at radius 1 is 0.790 bits per heavy atom. The van der Waals surface area contributed by atoms with E-state index in [0.717, 1.165) is 0 Å². The topological polar surface area (TPSA) is 215 Å². The summed E-state index contributed by atoms with van der Waals surface area (Å²) in [6, 6.07) is 0. The highest BCUT2D eigenvalue weighted by atomic mass is 35.5. The minimum absolute atomic E-state index is 0. The van der Waals surface area contributed by atoms with Crippen molar-refractivity contribution in [3.63, 3.8) is 0 Å². The summed E-state index contributed by atoms with van der Waals surface area (Å²) in [5, 5.41) is -0.115. The number of halogens is 3. The largest absolute Gasteiger partial charge is 0.383 e. The van der Waals surface area contributed by atoms with E-state index >= 15 is 0 Å². The second kappa shape index (κ2) is 28.8. The monoisotopic (exact) mass is 996 g/mol. The molecule has 2 aromatic rings. The van der Waals surface area contributed by atoms with Crippen molar-refractivity contribution in [2.75, 3.05) is 58.7 Å². The Balaban J connectivity index is 0.000000406. The van der Waals surface area contributed by atoms with Gasteiger partial charge in [-0.15, -0.1) is 0 Å². The van der Waals surface area contributed by atoms with Crippen LogP contribution in [-0.4, -0.2) is 129 Å². The summed E-state index contributed by atoms with van der Waals surface area (Å²) < 4.78 is 60.3. The van der Waals surface area contributed by atoms with Crippen molar-refractivity contribution in [2.45, 2.75) is 153 Å². The van der Waals surface area contributed by atoms with Crippen LogP contribution in [0.1, 0.15) is 125 Å². The number of alkyl halides is 2. The Kier molecular flexibility index (Phi) is 26.9. The number of nitrogens with zero attached hydrogens (tertiary/aromatic N) is 6. The van der Waals surface area contributed by atoms with Crippen LogP contribution in [0.15, 0.2) is 6.33 Å². The zero-order valence-corrected chi connectivity index (χ0v) is 42.2. The number of nitrogens with two attached hydrogens (primary N) is 1. The lowest BCUT2D eigenvalue weighted by molar-refractivity contribution is -0.256. The van der Waals surface area contributed by atoms with Crippen LogP contribution in [0, 0.1) is 0 Å². The predicted octanol–water partition coefficient (Wildman–Crippen LogP) is 9.42. The van der Waals surface area contributed by atoms with Crippen LogP contribution < -0.4 is 5.73 Å². The van der Waals surface area contributed by atoms with Crippen LogP contribution in [0.5, 0.6) is 0 Å². The van der Waals surface area contributed by atoms with Gasteiger partial charge >= 0.3 is 27.6 Å². The predicted molar refractivity (Wildman–Crippen MR) is 246 cm³/mol. The molecule has 0 aromatic carbocycles. The summed E-state index contributed by atoms with van der Waals surface area (Å²) in [5.74, 6) is 0.0532. The molecule has 3 aliphatic rings. The normalized spacial score (nSPS) is 27.7. The van der Waals surface area contributed by atoms with Crippen molar-refractivity contribution >= 4 is 84.0 Å². The van der Waals surface area contributed by atoms with E-state index < -0.39 is 65.2 Å². The molecule has 357 valence electrons. The first kappa shape index (κ1) is 57.9. The fourth-order valence-corrected chi connectivity index (χ4v) is 13.0. The van der Waals surface area contributed by atoms with Crippen molar-refractivity contribution < 1.29 is 51.0 Å².